The first-order chi connectivity index (χ1) is 11.4. The lowest BCUT2D eigenvalue weighted by molar-refractivity contribution is -0.890. The van der Waals surface area contributed by atoms with Gasteiger partial charge in [0.1, 0.15) is 0 Å². The van der Waals surface area contributed by atoms with Crippen LogP contribution in [0.5, 0.6) is 0 Å². The fourth-order valence-corrected chi connectivity index (χ4v) is 3.64. The molecule has 0 aliphatic rings. The van der Waals surface area contributed by atoms with Gasteiger partial charge in [-0.15, -0.1) is 0 Å². The number of quaternary nitrogens is 1. The van der Waals surface area contributed by atoms with E-state index in [1.54, 1.807) is 0 Å². The molecule has 0 heterocycles. The minimum atomic E-state index is 0. The molecule has 0 rings (SSSR count). The Kier molecular flexibility index (Phi) is 19.3. The lowest BCUT2D eigenvalue weighted by Gasteiger charge is -2.30. The molecule has 0 bridgehead atoms. The third-order valence-corrected chi connectivity index (χ3v) is 5.54. The van der Waals surface area contributed by atoms with Gasteiger partial charge in [0.15, 0.2) is 0 Å². The molecule has 25 heavy (non-hydrogen) atoms. The van der Waals surface area contributed by atoms with E-state index in [-0.39, 0.29) is 12.4 Å². The third-order valence-electron chi connectivity index (χ3n) is 5.54. The Morgan fingerprint density at radius 1 is 0.640 bits per heavy atom. The number of rotatable bonds is 17. The molecule has 0 saturated carbocycles. The molecule has 3 heteroatoms. The summed E-state index contributed by atoms with van der Waals surface area (Å²) in [6.45, 7) is 7.31. The van der Waals surface area contributed by atoms with Crippen LogP contribution >= 0.6 is 0 Å². The molecule has 2 nitrogen and oxygen atoms in total. The van der Waals surface area contributed by atoms with E-state index >= 15 is 0 Å². The van der Waals surface area contributed by atoms with Crippen LogP contribution in [0.25, 0.3) is 0 Å². The van der Waals surface area contributed by atoms with Gasteiger partial charge in [-0.3, -0.25) is 0 Å². The van der Waals surface area contributed by atoms with Crippen LogP contribution in [0.3, 0.4) is 0 Å². The minimum Gasteiger partial charge on any atom is -1.00 e. The second kappa shape index (κ2) is 17.6. The zero-order valence-corrected chi connectivity index (χ0v) is 19.2. The first kappa shape index (κ1) is 27.4. The van der Waals surface area contributed by atoms with Crippen LogP contribution in [0, 0.1) is 0 Å². The highest BCUT2D eigenvalue weighted by Gasteiger charge is 2.14. The molecule has 1 unspecified atom stereocenters. The quantitative estimate of drug-likeness (QED) is 0.278. The van der Waals surface area contributed by atoms with E-state index in [4.69, 9.17) is 0 Å². The van der Waals surface area contributed by atoms with Crippen molar-refractivity contribution in [1.29, 1.82) is 0 Å². The van der Waals surface area contributed by atoms with Crippen LogP contribution in [0.4, 0.5) is 0 Å². The van der Waals surface area contributed by atoms with Crippen LogP contribution in [-0.4, -0.2) is 56.7 Å². The number of unbranched alkanes of at least 4 members (excludes halogenated alkanes) is 8. The lowest BCUT2D eigenvalue weighted by atomic mass is 10.0. The number of nitrogens with zero attached hydrogens (tertiary/aromatic N) is 2. The molecule has 0 aromatic rings. The van der Waals surface area contributed by atoms with Gasteiger partial charge in [-0.2, -0.15) is 0 Å². The molecular formula is C22H49ClN2. The van der Waals surface area contributed by atoms with Crippen molar-refractivity contribution in [1.82, 2.24) is 4.90 Å². The summed E-state index contributed by atoms with van der Waals surface area (Å²) in [5.74, 6) is 0. The minimum absolute atomic E-state index is 0. The van der Waals surface area contributed by atoms with E-state index < -0.39 is 0 Å². The van der Waals surface area contributed by atoms with Crippen LogP contribution in [0.1, 0.15) is 97.3 Å². The highest BCUT2D eigenvalue weighted by atomic mass is 35.5. The van der Waals surface area contributed by atoms with Crippen molar-refractivity contribution in [3.8, 4) is 0 Å². The molecule has 0 aliphatic carbocycles. The second-order valence-corrected chi connectivity index (χ2v) is 8.76. The molecule has 154 valence electrons. The molecule has 0 aromatic heterocycles. The van der Waals surface area contributed by atoms with Gasteiger partial charge in [0.05, 0.1) is 27.2 Å². The Morgan fingerprint density at radius 2 is 1.04 bits per heavy atom. The summed E-state index contributed by atoms with van der Waals surface area (Å²) in [7, 11) is 9.37. The number of hydrogen-bond acceptors (Lipinski definition) is 1. The van der Waals surface area contributed by atoms with Crippen molar-refractivity contribution in [2.75, 3.05) is 41.3 Å². The maximum atomic E-state index is 2.46. The molecule has 0 aromatic carbocycles. The van der Waals surface area contributed by atoms with Gasteiger partial charge in [-0.25, -0.2) is 0 Å². The molecule has 0 saturated heterocycles. The summed E-state index contributed by atoms with van der Waals surface area (Å²) in [5, 5.41) is 0. The zero-order valence-electron chi connectivity index (χ0n) is 18.5. The smallest absolute Gasteiger partial charge is 0.0782 e. The highest BCUT2D eigenvalue weighted by molar-refractivity contribution is 4.66. The van der Waals surface area contributed by atoms with Gasteiger partial charge >= 0.3 is 0 Å². The van der Waals surface area contributed by atoms with E-state index in [1.807, 2.05) is 0 Å². The van der Waals surface area contributed by atoms with Gasteiger partial charge in [-0.1, -0.05) is 58.8 Å². The first-order valence-electron chi connectivity index (χ1n) is 10.9. The summed E-state index contributed by atoms with van der Waals surface area (Å²) in [6, 6.07) is 0.804. The maximum absolute atomic E-state index is 2.46. The predicted molar refractivity (Wildman–Crippen MR) is 111 cm³/mol. The first-order valence-corrected chi connectivity index (χ1v) is 10.9. The van der Waals surface area contributed by atoms with Crippen LogP contribution in [0.15, 0.2) is 0 Å². The van der Waals surface area contributed by atoms with Crippen molar-refractivity contribution in [3.05, 3.63) is 0 Å². The van der Waals surface area contributed by atoms with E-state index in [9.17, 15) is 0 Å². The van der Waals surface area contributed by atoms with Gasteiger partial charge in [0, 0.05) is 6.04 Å². The van der Waals surface area contributed by atoms with Crippen molar-refractivity contribution < 1.29 is 16.9 Å². The average Bonchev–Trinajstić information content (AvgIpc) is 2.53. The molecule has 0 radical (unpaired) electrons. The Hall–Kier alpha value is 0.210. The monoisotopic (exact) mass is 376 g/mol. The predicted octanol–water partition coefficient (Wildman–Crippen LogP) is 3.11. The van der Waals surface area contributed by atoms with Gasteiger partial charge in [0.2, 0.25) is 0 Å². The van der Waals surface area contributed by atoms with Gasteiger partial charge < -0.3 is 21.8 Å². The molecular weight excluding hydrogens is 328 g/mol. The van der Waals surface area contributed by atoms with Crippen molar-refractivity contribution >= 4 is 0 Å². The summed E-state index contributed by atoms with van der Waals surface area (Å²) >= 11 is 0. The topological polar surface area (TPSA) is 3.24 Å². The third kappa shape index (κ3) is 17.4. The molecule has 0 amide bonds. The molecule has 0 spiro atoms. The van der Waals surface area contributed by atoms with E-state index in [0.29, 0.717) is 0 Å². The standard InChI is InChI=1S/C22H49N2.ClH/c1-7-9-11-14-18-22(23(3)4)19-15-13-17-21-24(5,6)20-16-12-10-8-2;/h22H,7-21H2,1-6H3;1H/q+1;/p-1. The van der Waals surface area contributed by atoms with E-state index in [1.165, 1.54) is 101 Å². The van der Waals surface area contributed by atoms with Gasteiger partial charge in [0.25, 0.3) is 0 Å². The summed E-state index contributed by atoms with van der Waals surface area (Å²) in [4.78, 5) is 2.46. The van der Waals surface area contributed by atoms with E-state index in [2.05, 4.69) is 46.9 Å². The Labute approximate surface area is 166 Å². The molecule has 0 fully saturated rings. The van der Waals surface area contributed by atoms with Crippen molar-refractivity contribution in [3.63, 3.8) is 0 Å². The maximum Gasteiger partial charge on any atom is 0.0782 e. The van der Waals surface area contributed by atoms with Crippen LogP contribution < -0.4 is 12.4 Å². The van der Waals surface area contributed by atoms with Crippen molar-refractivity contribution in [2.45, 2.75) is 103 Å². The molecule has 0 aliphatic heterocycles. The Bertz CT molecular complexity index is 267. The lowest BCUT2D eigenvalue weighted by Crippen LogP contribution is -3.00. The highest BCUT2D eigenvalue weighted by Crippen LogP contribution is 2.16. The largest absolute Gasteiger partial charge is 1.00 e. The summed E-state index contributed by atoms with van der Waals surface area (Å²) < 4.78 is 1.22. The Morgan fingerprint density at radius 3 is 1.44 bits per heavy atom. The Balaban J connectivity index is 0. The summed E-state index contributed by atoms with van der Waals surface area (Å²) in [6.07, 6.45) is 18.2. The summed E-state index contributed by atoms with van der Waals surface area (Å²) in [5.41, 5.74) is 0. The zero-order chi connectivity index (χ0) is 18.3. The molecule has 1 atom stereocenters. The normalized spacial score (nSPS) is 13.1. The van der Waals surface area contributed by atoms with Crippen LogP contribution in [-0.2, 0) is 0 Å². The number of hydrogen-bond donors (Lipinski definition) is 0. The average molecular weight is 377 g/mol. The number of halogens is 1. The van der Waals surface area contributed by atoms with E-state index in [0.717, 1.165) is 6.04 Å². The van der Waals surface area contributed by atoms with Gasteiger partial charge in [-0.05, 0) is 52.6 Å². The fraction of sp³-hybridized carbons (Fsp3) is 1.00. The molecule has 0 N–H and O–H groups in total. The SMILES string of the molecule is CCCCCCC(CCCCC[N+](C)(C)CCCCCC)N(C)C.[Cl-]. The fourth-order valence-electron chi connectivity index (χ4n) is 3.64. The van der Waals surface area contributed by atoms with Crippen molar-refractivity contribution in [2.24, 2.45) is 0 Å². The second-order valence-electron chi connectivity index (χ2n) is 8.76. The van der Waals surface area contributed by atoms with Crippen LogP contribution in [0.2, 0.25) is 0 Å².